The van der Waals surface area contributed by atoms with Crippen molar-refractivity contribution in [2.75, 3.05) is 6.61 Å². The van der Waals surface area contributed by atoms with Gasteiger partial charge >= 0.3 is 0 Å². The number of aryl methyl sites for hydroxylation is 1. The Balaban J connectivity index is 1.74. The van der Waals surface area contributed by atoms with Gasteiger partial charge in [0.15, 0.2) is 5.69 Å². The summed E-state index contributed by atoms with van der Waals surface area (Å²) in [6.07, 6.45) is 3.64. The SMILES string of the molecule is CCOc1ccc(/C(CC)=N\NC(=O)c2n[nH]c3c2C[C@H](C(C)(C)C)CC3)cc1. The number of hydrogen-bond acceptors (Lipinski definition) is 4. The predicted molar refractivity (Wildman–Crippen MR) is 115 cm³/mol. The van der Waals surface area contributed by atoms with E-state index in [1.807, 2.05) is 38.1 Å². The van der Waals surface area contributed by atoms with Crippen LogP contribution in [0.25, 0.3) is 0 Å². The van der Waals surface area contributed by atoms with E-state index < -0.39 is 0 Å². The molecule has 1 amide bonds. The number of benzene rings is 1. The summed E-state index contributed by atoms with van der Waals surface area (Å²) in [7, 11) is 0. The first-order valence-corrected chi connectivity index (χ1v) is 10.5. The van der Waals surface area contributed by atoms with Crippen molar-refractivity contribution in [3.63, 3.8) is 0 Å². The molecule has 0 bridgehead atoms. The van der Waals surface area contributed by atoms with Gasteiger partial charge in [0.1, 0.15) is 5.75 Å². The van der Waals surface area contributed by atoms with E-state index in [0.717, 1.165) is 47.5 Å². The third-order valence-electron chi connectivity index (χ3n) is 5.71. The van der Waals surface area contributed by atoms with E-state index in [1.165, 1.54) is 0 Å². The molecule has 1 aromatic heterocycles. The lowest BCUT2D eigenvalue weighted by Gasteiger charge is -2.33. The van der Waals surface area contributed by atoms with Crippen molar-refractivity contribution in [3.8, 4) is 5.75 Å². The summed E-state index contributed by atoms with van der Waals surface area (Å²) in [6.45, 7) is 11.4. The molecule has 1 heterocycles. The number of carbonyl (C=O) groups excluding carboxylic acids is 1. The molecule has 3 rings (SSSR count). The monoisotopic (exact) mass is 396 g/mol. The average molecular weight is 397 g/mol. The fourth-order valence-corrected chi connectivity index (χ4v) is 3.85. The zero-order chi connectivity index (χ0) is 21.0. The molecule has 0 saturated carbocycles. The fraction of sp³-hybridized carbons (Fsp3) is 0.522. The molecule has 1 aliphatic rings. The highest BCUT2D eigenvalue weighted by atomic mass is 16.5. The third-order valence-corrected chi connectivity index (χ3v) is 5.71. The molecule has 1 aromatic carbocycles. The molecule has 1 aliphatic carbocycles. The number of amides is 1. The first-order chi connectivity index (χ1) is 13.8. The molecular weight excluding hydrogens is 364 g/mol. The van der Waals surface area contributed by atoms with Gasteiger partial charge in [0, 0.05) is 11.3 Å². The molecule has 29 heavy (non-hydrogen) atoms. The van der Waals surface area contributed by atoms with Crippen LogP contribution in [0.5, 0.6) is 5.75 Å². The Bertz CT molecular complexity index is 875. The number of nitrogens with one attached hydrogen (secondary N) is 2. The van der Waals surface area contributed by atoms with Crippen LogP contribution in [0.3, 0.4) is 0 Å². The summed E-state index contributed by atoms with van der Waals surface area (Å²) in [5, 5.41) is 11.7. The molecule has 2 aromatic rings. The Morgan fingerprint density at radius 3 is 2.62 bits per heavy atom. The first-order valence-electron chi connectivity index (χ1n) is 10.5. The lowest BCUT2D eigenvalue weighted by molar-refractivity contribution is 0.0947. The van der Waals surface area contributed by atoms with Crippen molar-refractivity contribution < 1.29 is 9.53 Å². The van der Waals surface area contributed by atoms with E-state index in [9.17, 15) is 4.79 Å². The van der Waals surface area contributed by atoms with Gasteiger partial charge in [-0.1, -0.05) is 27.7 Å². The minimum atomic E-state index is -0.256. The summed E-state index contributed by atoms with van der Waals surface area (Å²) in [4.78, 5) is 12.8. The van der Waals surface area contributed by atoms with Gasteiger partial charge in [0.25, 0.3) is 5.91 Å². The molecule has 0 radical (unpaired) electrons. The largest absolute Gasteiger partial charge is 0.494 e. The van der Waals surface area contributed by atoms with Gasteiger partial charge in [-0.15, -0.1) is 0 Å². The van der Waals surface area contributed by atoms with Crippen LogP contribution in [0.4, 0.5) is 0 Å². The number of nitrogens with zero attached hydrogens (tertiary/aromatic N) is 2. The van der Waals surface area contributed by atoms with E-state index in [1.54, 1.807) is 0 Å². The average Bonchev–Trinajstić information content (AvgIpc) is 3.12. The van der Waals surface area contributed by atoms with Gasteiger partial charge in [0.05, 0.1) is 12.3 Å². The Morgan fingerprint density at radius 1 is 1.28 bits per heavy atom. The molecule has 156 valence electrons. The standard InChI is InChI=1S/C23H32N4O2/c1-6-19(15-8-11-17(12-9-15)29-7-2)24-27-22(28)21-18-14-16(23(3,4)5)10-13-20(18)25-26-21/h8-9,11-12,16H,6-7,10,13-14H2,1-5H3,(H,25,26)(H,27,28)/b24-19-/t16-/m1/s1. The van der Waals surface area contributed by atoms with Crippen LogP contribution in [-0.4, -0.2) is 28.4 Å². The lowest BCUT2D eigenvalue weighted by Crippen LogP contribution is -2.28. The number of fused-ring (bicyclic) bond motifs is 1. The van der Waals surface area contributed by atoms with Crippen molar-refractivity contribution in [3.05, 3.63) is 46.8 Å². The van der Waals surface area contributed by atoms with E-state index >= 15 is 0 Å². The maximum Gasteiger partial charge on any atom is 0.292 e. The Labute approximate surface area is 173 Å². The highest BCUT2D eigenvalue weighted by Crippen LogP contribution is 2.37. The highest BCUT2D eigenvalue weighted by Gasteiger charge is 2.32. The van der Waals surface area contributed by atoms with E-state index in [4.69, 9.17) is 4.74 Å². The van der Waals surface area contributed by atoms with Gasteiger partial charge in [0.2, 0.25) is 0 Å². The lowest BCUT2D eigenvalue weighted by atomic mass is 9.71. The van der Waals surface area contributed by atoms with Crippen molar-refractivity contribution in [2.45, 2.75) is 60.3 Å². The number of hydrazone groups is 1. The van der Waals surface area contributed by atoms with Crippen LogP contribution >= 0.6 is 0 Å². The Morgan fingerprint density at radius 2 is 2.00 bits per heavy atom. The van der Waals surface area contributed by atoms with E-state index in [-0.39, 0.29) is 11.3 Å². The number of aromatic amines is 1. The molecule has 6 heteroatoms. The fourth-order valence-electron chi connectivity index (χ4n) is 3.85. The van der Waals surface area contributed by atoms with Crippen molar-refractivity contribution in [1.82, 2.24) is 15.6 Å². The van der Waals surface area contributed by atoms with Crippen molar-refractivity contribution in [1.29, 1.82) is 0 Å². The number of H-pyrrole nitrogens is 1. The van der Waals surface area contributed by atoms with Crippen molar-refractivity contribution in [2.24, 2.45) is 16.4 Å². The van der Waals surface area contributed by atoms with Crippen LogP contribution in [0, 0.1) is 11.3 Å². The summed E-state index contributed by atoms with van der Waals surface area (Å²) < 4.78 is 5.49. The summed E-state index contributed by atoms with van der Waals surface area (Å²) >= 11 is 0. The number of ether oxygens (including phenoxy) is 1. The number of carbonyl (C=O) groups is 1. The molecule has 6 nitrogen and oxygen atoms in total. The molecule has 0 unspecified atom stereocenters. The third kappa shape index (κ3) is 4.86. The molecule has 0 spiro atoms. The van der Waals surface area contributed by atoms with E-state index in [0.29, 0.717) is 24.6 Å². The number of rotatable bonds is 6. The van der Waals surface area contributed by atoms with Gasteiger partial charge in [-0.05, 0) is 73.8 Å². The Hall–Kier alpha value is -2.63. The molecule has 0 fully saturated rings. The van der Waals surface area contributed by atoms with Gasteiger partial charge in [-0.3, -0.25) is 9.89 Å². The molecule has 1 atom stereocenters. The highest BCUT2D eigenvalue weighted by molar-refractivity contribution is 6.02. The molecule has 0 aliphatic heterocycles. The summed E-state index contributed by atoms with van der Waals surface area (Å²) in [6, 6.07) is 7.76. The van der Waals surface area contributed by atoms with E-state index in [2.05, 4.69) is 41.5 Å². The van der Waals surface area contributed by atoms with Crippen LogP contribution in [0.15, 0.2) is 29.4 Å². The number of aromatic nitrogens is 2. The second-order valence-electron chi connectivity index (χ2n) is 8.65. The van der Waals surface area contributed by atoms with Gasteiger partial charge < -0.3 is 4.74 Å². The second kappa shape index (κ2) is 8.80. The Kier molecular flexibility index (Phi) is 6.40. The maximum atomic E-state index is 12.8. The van der Waals surface area contributed by atoms with Crippen LogP contribution in [0.2, 0.25) is 0 Å². The number of hydrogen-bond donors (Lipinski definition) is 2. The smallest absolute Gasteiger partial charge is 0.292 e. The topological polar surface area (TPSA) is 79.4 Å². The second-order valence-corrected chi connectivity index (χ2v) is 8.65. The van der Waals surface area contributed by atoms with Gasteiger partial charge in [-0.25, -0.2) is 5.43 Å². The van der Waals surface area contributed by atoms with Crippen LogP contribution in [0.1, 0.15) is 74.8 Å². The van der Waals surface area contributed by atoms with Crippen LogP contribution < -0.4 is 10.2 Å². The quantitative estimate of drug-likeness (QED) is 0.557. The minimum absolute atomic E-state index is 0.212. The van der Waals surface area contributed by atoms with Crippen molar-refractivity contribution >= 4 is 11.6 Å². The van der Waals surface area contributed by atoms with Gasteiger partial charge in [-0.2, -0.15) is 10.2 Å². The predicted octanol–water partition coefficient (Wildman–Crippen LogP) is 4.50. The zero-order valence-electron chi connectivity index (χ0n) is 18.1. The summed E-state index contributed by atoms with van der Waals surface area (Å²) in [5.41, 5.74) is 7.31. The summed E-state index contributed by atoms with van der Waals surface area (Å²) in [5.74, 6) is 1.11. The zero-order valence-corrected chi connectivity index (χ0v) is 18.1. The molecule has 2 N–H and O–H groups in total. The molecule has 0 saturated heterocycles. The maximum absolute atomic E-state index is 12.8. The molecular formula is C23H32N4O2. The first kappa shape index (κ1) is 21.1. The normalized spacial score (nSPS) is 17.0. The van der Waals surface area contributed by atoms with Crippen LogP contribution in [-0.2, 0) is 12.8 Å². The minimum Gasteiger partial charge on any atom is -0.494 e.